The van der Waals surface area contributed by atoms with Gasteiger partial charge in [0.1, 0.15) is 0 Å². The van der Waals surface area contributed by atoms with Gasteiger partial charge in [-0.1, -0.05) is 16.6 Å². The average molecular weight is 256 g/mol. The van der Waals surface area contributed by atoms with E-state index in [1.807, 2.05) is 30.8 Å². The minimum absolute atomic E-state index is 0.0772. The molecule has 4 nitrogen and oxygen atoms in total. The molecule has 0 fully saturated rings. The normalized spacial score (nSPS) is 12.7. The maximum Gasteiger partial charge on any atom is 0.0970 e. The first-order valence-electron chi connectivity index (χ1n) is 5.67. The van der Waals surface area contributed by atoms with Crippen LogP contribution < -0.4 is 5.32 Å². The summed E-state index contributed by atoms with van der Waals surface area (Å²) in [6.07, 6.45) is 1.81. The second-order valence-electron chi connectivity index (χ2n) is 4.01. The lowest BCUT2D eigenvalue weighted by molar-refractivity contribution is 0.668. The number of rotatable bonds is 3. The maximum absolute atomic E-state index is 4.32. The first kappa shape index (κ1) is 11.3. The number of benzene rings is 1. The van der Waals surface area contributed by atoms with Crippen molar-refractivity contribution in [1.82, 2.24) is 19.9 Å². The van der Waals surface area contributed by atoms with Crippen LogP contribution in [0.5, 0.6) is 0 Å². The Kier molecular flexibility index (Phi) is 3.00. The Labute approximate surface area is 109 Å². The van der Waals surface area contributed by atoms with Crippen LogP contribution in [0.25, 0.3) is 10.9 Å². The van der Waals surface area contributed by atoms with E-state index in [0.717, 1.165) is 16.6 Å². The highest BCUT2D eigenvalue weighted by atomic mass is 32.1. The van der Waals surface area contributed by atoms with Gasteiger partial charge < -0.3 is 5.32 Å². The molecule has 0 spiro atoms. The van der Waals surface area contributed by atoms with Crippen molar-refractivity contribution in [2.75, 3.05) is 7.05 Å². The van der Waals surface area contributed by atoms with Crippen LogP contribution in [0.4, 0.5) is 0 Å². The van der Waals surface area contributed by atoms with Crippen molar-refractivity contribution >= 4 is 22.4 Å². The first-order valence-corrected chi connectivity index (χ1v) is 6.51. The molecule has 5 heteroatoms. The van der Waals surface area contributed by atoms with Gasteiger partial charge in [-0.15, -0.1) is 5.10 Å². The molecule has 1 aromatic carbocycles. The van der Waals surface area contributed by atoms with E-state index < -0.39 is 0 Å². The molecule has 0 radical (unpaired) electrons. The molecule has 0 aliphatic carbocycles. The van der Waals surface area contributed by atoms with Gasteiger partial charge in [-0.25, -0.2) is 0 Å². The summed E-state index contributed by atoms with van der Waals surface area (Å²) in [7, 11) is 1.93. The van der Waals surface area contributed by atoms with Crippen molar-refractivity contribution in [3.63, 3.8) is 0 Å². The summed E-state index contributed by atoms with van der Waals surface area (Å²) in [6, 6.07) is 10.4. The number of nitrogens with zero attached hydrogens (tertiary/aromatic N) is 3. The lowest BCUT2D eigenvalue weighted by Crippen LogP contribution is -2.18. The zero-order chi connectivity index (χ0) is 12.4. The highest BCUT2D eigenvalue weighted by Crippen LogP contribution is 2.23. The lowest BCUT2D eigenvalue weighted by atomic mass is 10.0. The average Bonchev–Trinajstić information content (AvgIpc) is 2.93. The number of hydrogen-bond donors (Lipinski definition) is 1. The Bertz CT molecular complexity index is 651. The van der Waals surface area contributed by atoms with Gasteiger partial charge in [0.2, 0.25) is 0 Å². The summed E-state index contributed by atoms with van der Waals surface area (Å²) in [5.74, 6) is 0. The Hall–Kier alpha value is -1.85. The van der Waals surface area contributed by atoms with Crippen molar-refractivity contribution in [1.29, 1.82) is 0 Å². The summed E-state index contributed by atoms with van der Waals surface area (Å²) >= 11 is 1.37. The van der Waals surface area contributed by atoms with E-state index in [0.29, 0.717) is 0 Å². The lowest BCUT2D eigenvalue weighted by Gasteiger charge is -2.14. The second-order valence-corrected chi connectivity index (χ2v) is 4.62. The Balaban J connectivity index is 2.07. The molecule has 3 rings (SSSR count). The molecule has 18 heavy (non-hydrogen) atoms. The van der Waals surface area contributed by atoms with E-state index in [4.69, 9.17) is 0 Å². The van der Waals surface area contributed by atoms with E-state index in [2.05, 4.69) is 38.1 Å². The van der Waals surface area contributed by atoms with Gasteiger partial charge in [0, 0.05) is 17.0 Å². The van der Waals surface area contributed by atoms with Gasteiger partial charge >= 0.3 is 0 Å². The third-order valence-corrected chi connectivity index (χ3v) is 3.44. The predicted octanol–water partition coefficient (Wildman–Crippen LogP) is 2.40. The van der Waals surface area contributed by atoms with Crippen LogP contribution in [0.1, 0.15) is 17.3 Å². The molecule has 0 saturated heterocycles. The van der Waals surface area contributed by atoms with Gasteiger partial charge in [0.15, 0.2) is 0 Å². The van der Waals surface area contributed by atoms with Crippen LogP contribution in [-0.2, 0) is 0 Å². The summed E-state index contributed by atoms with van der Waals surface area (Å²) in [5.41, 5.74) is 3.13. The molecule has 1 unspecified atom stereocenters. The topological polar surface area (TPSA) is 50.7 Å². The van der Waals surface area contributed by atoms with Crippen LogP contribution >= 0.6 is 11.5 Å². The van der Waals surface area contributed by atoms with Crippen LogP contribution in [0.15, 0.2) is 41.9 Å². The fourth-order valence-corrected chi connectivity index (χ4v) is 2.54. The van der Waals surface area contributed by atoms with Crippen LogP contribution in [0.3, 0.4) is 0 Å². The molecule has 3 aromatic rings. The third kappa shape index (κ3) is 1.98. The summed E-state index contributed by atoms with van der Waals surface area (Å²) in [4.78, 5) is 4.32. The maximum atomic E-state index is 4.32. The van der Waals surface area contributed by atoms with Crippen molar-refractivity contribution in [3.05, 3.63) is 53.2 Å². The zero-order valence-electron chi connectivity index (χ0n) is 9.87. The van der Waals surface area contributed by atoms with Gasteiger partial charge in [-0.05, 0) is 42.3 Å². The molecular formula is C13H12N4S. The van der Waals surface area contributed by atoms with Gasteiger partial charge in [0.25, 0.3) is 0 Å². The number of aromatic nitrogens is 3. The van der Waals surface area contributed by atoms with Gasteiger partial charge in [-0.3, -0.25) is 4.98 Å². The molecule has 0 aliphatic rings. The number of fused-ring (bicyclic) bond motifs is 1. The van der Waals surface area contributed by atoms with Crippen LogP contribution in [0, 0.1) is 0 Å². The molecule has 1 atom stereocenters. The first-order chi connectivity index (χ1) is 8.88. The Morgan fingerprint density at radius 3 is 3.00 bits per heavy atom. The fourth-order valence-electron chi connectivity index (χ4n) is 2.06. The van der Waals surface area contributed by atoms with E-state index in [1.165, 1.54) is 17.1 Å². The number of nitrogens with one attached hydrogen (secondary N) is 1. The standard InChI is InChI=1S/C13H12N4S/c1-14-13(12-8-18-17-16-12)10-4-5-11-9(7-10)3-2-6-15-11/h2-8,13-14H,1H3. The van der Waals surface area contributed by atoms with E-state index in [1.54, 1.807) is 0 Å². The van der Waals surface area contributed by atoms with Crippen LogP contribution in [0.2, 0.25) is 0 Å². The summed E-state index contributed by atoms with van der Waals surface area (Å²) in [6.45, 7) is 0. The summed E-state index contributed by atoms with van der Waals surface area (Å²) < 4.78 is 3.92. The number of hydrogen-bond acceptors (Lipinski definition) is 5. The second kappa shape index (κ2) is 4.80. The van der Waals surface area contributed by atoms with Crippen molar-refractivity contribution in [2.45, 2.75) is 6.04 Å². The molecule has 2 aromatic heterocycles. The molecular weight excluding hydrogens is 244 g/mol. The highest BCUT2D eigenvalue weighted by Gasteiger charge is 2.14. The van der Waals surface area contributed by atoms with E-state index >= 15 is 0 Å². The molecule has 90 valence electrons. The minimum Gasteiger partial charge on any atom is -0.308 e. The minimum atomic E-state index is 0.0772. The molecule has 0 aliphatic heterocycles. The predicted molar refractivity (Wildman–Crippen MR) is 72.6 cm³/mol. The fraction of sp³-hybridized carbons (Fsp3) is 0.154. The van der Waals surface area contributed by atoms with E-state index in [9.17, 15) is 0 Å². The van der Waals surface area contributed by atoms with Gasteiger partial charge in [0.05, 0.1) is 17.3 Å². The van der Waals surface area contributed by atoms with E-state index in [-0.39, 0.29) is 6.04 Å². The Morgan fingerprint density at radius 1 is 1.28 bits per heavy atom. The zero-order valence-corrected chi connectivity index (χ0v) is 10.7. The molecule has 0 saturated carbocycles. The quantitative estimate of drug-likeness (QED) is 0.781. The SMILES string of the molecule is CNC(c1ccc2ncccc2c1)c1csnn1. The smallest absolute Gasteiger partial charge is 0.0970 e. The highest BCUT2D eigenvalue weighted by molar-refractivity contribution is 7.03. The largest absolute Gasteiger partial charge is 0.308 e. The number of pyridine rings is 1. The molecule has 1 N–H and O–H groups in total. The third-order valence-electron chi connectivity index (χ3n) is 2.92. The molecule has 2 heterocycles. The monoisotopic (exact) mass is 256 g/mol. The molecule has 0 bridgehead atoms. The van der Waals surface area contributed by atoms with Crippen molar-refractivity contribution in [3.8, 4) is 0 Å². The van der Waals surface area contributed by atoms with Crippen molar-refractivity contribution in [2.24, 2.45) is 0 Å². The van der Waals surface area contributed by atoms with Crippen molar-refractivity contribution < 1.29 is 0 Å². The summed E-state index contributed by atoms with van der Waals surface area (Å²) in [5, 5.41) is 10.5. The van der Waals surface area contributed by atoms with Gasteiger partial charge in [-0.2, -0.15) is 0 Å². The van der Waals surface area contributed by atoms with Crippen LogP contribution in [-0.4, -0.2) is 21.6 Å². The Morgan fingerprint density at radius 2 is 2.22 bits per heavy atom. The molecule has 0 amide bonds.